The van der Waals surface area contributed by atoms with E-state index in [9.17, 15) is 4.39 Å². The maximum Gasteiger partial charge on any atom is 0.193 e. The Morgan fingerprint density at radius 1 is 1.06 bits per heavy atom. The van der Waals surface area contributed by atoms with Gasteiger partial charge in [0.1, 0.15) is 12.1 Å². The van der Waals surface area contributed by atoms with Crippen molar-refractivity contribution in [3.05, 3.63) is 53.7 Å². The molecule has 0 unspecified atom stereocenters. The Bertz CT molecular complexity index is 826. The fourth-order valence-electron chi connectivity index (χ4n) is 4.45. The number of aliphatic imine (C=N–C) groups is 1. The second kappa shape index (κ2) is 10.7. The maximum atomic E-state index is 13.9. The number of rotatable bonds is 6. The van der Waals surface area contributed by atoms with Gasteiger partial charge in [-0.25, -0.2) is 4.39 Å². The third kappa shape index (κ3) is 6.04. The van der Waals surface area contributed by atoms with Gasteiger partial charge in [-0.2, -0.15) is 0 Å². The topological polar surface area (TPSA) is 60.1 Å². The average molecular weight is 429 g/mol. The Morgan fingerprint density at radius 3 is 2.48 bits per heavy atom. The largest absolute Gasteiger partial charge is 0.364 e. The molecule has 0 bridgehead atoms. The fraction of sp³-hybridized carbons (Fsp3) is 0.565. The van der Waals surface area contributed by atoms with Crippen LogP contribution in [0.4, 0.5) is 4.39 Å². The quantitative estimate of drug-likeness (QED) is 0.563. The summed E-state index contributed by atoms with van der Waals surface area (Å²) in [7, 11) is 1.86. The summed E-state index contributed by atoms with van der Waals surface area (Å²) in [6, 6.07) is 9.02. The van der Waals surface area contributed by atoms with E-state index in [0.29, 0.717) is 12.5 Å². The number of aromatic nitrogens is 1. The number of benzene rings is 1. The van der Waals surface area contributed by atoms with Gasteiger partial charge in [0, 0.05) is 64.5 Å². The van der Waals surface area contributed by atoms with E-state index in [4.69, 9.17) is 4.52 Å². The van der Waals surface area contributed by atoms with Crippen LogP contribution in [0.5, 0.6) is 0 Å². The molecule has 2 aliphatic heterocycles. The summed E-state index contributed by atoms with van der Waals surface area (Å²) in [6.45, 7) is 8.40. The molecule has 31 heavy (non-hydrogen) atoms. The molecule has 4 rings (SSSR count). The molecule has 1 aromatic carbocycles. The van der Waals surface area contributed by atoms with Crippen LogP contribution >= 0.6 is 0 Å². The highest BCUT2D eigenvalue weighted by molar-refractivity contribution is 5.80. The molecule has 3 heterocycles. The number of guanidine groups is 1. The maximum absolute atomic E-state index is 13.9. The van der Waals surface area contributed by atoms with E-state index < -0.39 is 0 Å². The van der Waals surface area contributed by atoms with Crippen molar-refractivity contribution in [1.29, 1.82) is 0 Å². The third-order valence-electron chi connectivity index (χ3n) is 6.37. The summed E-state index contributed by atoms with van der Waals surface area (Å²) in [5.74, 6) is 1.52. The lowest BCUT2D eigenvalue weighted by Gasteiger charge is -2.37. The molecular weight excluding hydrogens is 395 g/mol. The molecule has 0 amide bonds. The van der Waals surface area contributed by atoms with Crippen molar-refractivity contribution in [3.63, 3.8) is 0 Å². The van der Waals surface area contributed by atoms with Crippen molar-refractivity contribution in [2.45, 2.75) is 25.9 Å². The second-order valence-corrected chi connectivity index (χ2v) is 8.49. The van der Waals surface area contributed by atoms with Gasteiger partial charge in [0.2, 0.25) is 0 Å². The van der Waals surface area contributed by atoms with Crippen LogP contribution in [-0.4, -0.2) is 78.7 Å². The molecular formula is C23H33FN6O. The van der Waals surface area contributed by atoms with E-state index in [-0.39, 0.29) is 5.82 Å². The van der Waals surface area contributed by atoms with Gasteiger partial charge in [-0.05, 0) is 37.9 Å². The molecule has 0 spiro atoms. The van der Waals surface area contributed by atoms with E-state index in [1.165, 1.54) is 0 Å². The number of nitrogens with one attached hydrogen (secondary N) is 1. The lowest BCUT2D eigenvalue weighted by Crippen LogP contribution is -2.53. The number of nitrogens with zero attached hydrogens (tertiary/aromatic N) is 5. The number of likely N-dealkylation sites (tertiary alicyclic amines) is 1. The first-order valence-electron chi connectivity index (χ1n) is 11.2. The van der Waals surface area contributed by atoms with Crippen molar-refractivity contribution in [1.82, 2.24) is 25.2 Å². The van der Waals surface area contributed by atoms with Crippen molar-refractivity contribution in [3.8, 4) is 0 Å². The Balaban J connectivity index is 1.16. The van der Waals surface area contributed by atoms with E-state index in [1.807, 2.05) is 25.2 Å². The van der Waals surface area contributed by atoms with Gasteiger partial charge >= 0.3 is 0 Å². The summed E-state index contributed by atoms with van der Waals surface area (Å²) in [5, 5.41) is 7.60. The highest BCUT2D eigenvalue weighted by Gasteiger charge is 2.23. The van der Waals surface area contributed by atoms with E-state index in [2.05, 4.69) is 30.2 Å². The second-order valence-electron chi connectivity index (χ2n) is 8.49. The Kier molecular flexibility index (Phi) is 7.53. The summed E-state index contributed by atoms with van der Waals surface area (Å²) < 4.78 is 18.8. The molecule has 1 aromatic heterocycles. The number of halogens is 1. The number of hydrogen-bond acceptors (Lipinski definition) is 5. The normalized spacial score (nSPS) is 19.7. The van der Waals surface area contributed by atoms with Crippen LogP contribution in [0.3, 0.4) is 0 Å². The van der Waals surface area contributed by atoms with Gasteiger partial charge in [-0.15, -0.1) is 0 Å². The summed E-state index contributed by atoms with van der Waals surface area (Å²) in [6.07, 6.45) is 3.88. The molecule has 168 valence electrons. The van der Waals surface area contributed by atoms with Gasteiger partial charge in [0.05, 0.1) is 5.69 Å². The minimum absolute atomic E-state index is 0.101. The summed E-state index contributed by atoms with van der Waals surface area (Å²) >= 11 is 0. The Morgan fingerprint density at radius 2 is 1.81 bits per heavy atom. The predicted octanol–water partition coefficient (Wildman–Crippen LogP) is 2.42. The molecule has 2 aliphatic rings. The molecule has 2 fully saturated rings. The minimum Gasteiger partial charge on any atom is -0.364 e. The predicted molar refractivity (Wildman–Crippen MR) is 119 cm³/mol. The number of piperazine rings is 1. The van der Waals surface area contributed by atoms with Crippen LogP contribution in [0, 0.1) is 11.7 Å². The lowest BCUT2D eigenvalue weighted by atomic mass is 9.96. The van der Waals surface area contributed by atoms with Gasteiger partial charge in [0.25, 0.3) is 0 Å². The highest BCUT2D eigenvalue weighted by atomic mass is 19.1. The molecule has 2 saturated heterocycles. The first-order chi connectivity index (χ1) is 15.2. The smallest absolute Gasteiger partial charge is 0.193 e. The number of hydrogen-bond donors (Lipinski definition) is 1. The zero-order valence-electron chi connectivity index (χ0n) is 18.3. The van der Waals surface area contributed by atoms with E-state index in [1.54, 1.807) is 18.4 Å². The molecule has 0 aliphatic carbocycles. The van der Waals surface area contributed by atoms with Crippen LogP contribution in [0.25, 0.3) is 0 Å². The first-order valence-corrected chi connectivity index (χ1v) is 11.2. The van der Waals surface area contributed by atoms with Gasteiger partial charge in [0.15, 0.2) is 5.96 Å². The van der Waals surface area contributed by atoms with Gasteiger partial charge < -0.3 is 14.7 Å². The molecule has 0 radical (unpaired) electrons. The molecule has 8 heteroatoms. The van der Waals surface area contributed by atoms with Crippen molar-refractivity contribution < 1.29 is 8.91 Å². The van der Waals surface area contributed by atoms with Crippen molar-refractivity contribution in [2.24, 2.45) is 10.9 Å². The average Bonchev–Trinajstić information content (AvgIpc) is 3.31. The van der Waals surface area contributed by atoms with Crippen LogP contribution in [0.1, 0.15) is 24.1 Å². The minimum atomic E-state index is -0.101. The monoisotopic (exact) mass is 428 g/mol. The van der Waals surface area contributed by atoms with Crippen LogP contribution in [0.2, 0.25) is 0 Å². The first kappa shape index (κ1) is 21.8. The van der Waals surface area contributed by atoms with E-state index >= 15 is 0 Å². The van der Waals surface area contributed by atoms with Gasteiger partial charge in [-0.1, -0.05) is 23.4 Å². The fourth-order valence-corrected chi connectivity index (χ4v) is 4.45. The Labute approximate surface area is 183 Å². The molecule has 0 saturated carbocycles. The number of piperidine rings is 1. The van der Waals surface area contributed by atoms with E-state index in [0.717, 1.165) is 82.4 Å². The standard InChI is InChI=1S/C23H33FN6O/c1-25-23(30-13-11-29(12-14-30)18-21-8-15-31-27-21)26-16-19-6-9-28(10-7-19)17-20-4-2-3-5-22(20)24/h2-5,8,15,19H,6-7,9-14,16-18H2,1H3,(H,25,26). The van der Waals surface area contributed by atoms with Crippen molar-refractivity contribution in [2.75, 3.05) is 52.9 Å². The van der Waals surface area contributed by atoms with Crippen molar-refractivity contribution >= 4 is 5.96 Å². The SMILES string of the molecule is CN=C(NCC1CCN(Cc2ccccc2F)CC1)N1CCN(Cc2ccon2)CC1. The van der Waals surface area contributed by atoms with Gasteiger partial charge in [-0.3, -0.25) is 14.8 Å². The molecule has 7 nitrogen and oxygen atoms in total. The lowest BCUT2D eigenvalue weighted by molar-refractivity contribution is 0.164. The zero-order chi connectivity index (χ0) is 21.5. The van der Waals surface area contributed by atoms with Crippen LogP contribution in [0.15, 0.2) is 46.1 Å². The molecule has 1 N–H and O–H groups in total. The highest BCUT2D eigenvalue weighted by Crippen LogP contribution is 2.19. The third-order valence-corrected chi connectivity index (χ3v) is 6.37. The molecule has 0 atom stereocenters. The zero-order valence-corrected chi connectivity index (χ0v) is 18.3. The summed E-state index contributed by atoms with van der Waals surface area (Å²) in [4.78, 5) is 11.6. The summed E-state index contributed by atoms with van der Waals surface area (Å²) in [5.41, 5.74) is 1.78. The van der Waals surface area contributed by atoms with Crippen LogP contribution < -0.4 is 5.32 Å². The van der Waals surface area contributed by atoms with Crippen LogP contribution in [-0.2, 0) is 13.1 Å². The Hall–Kier alpha value is -2.45. The molecule has 2 aromatic rings.